The number of ether oxygens (including phenoxy) is 3. The quantitative estimate of drug-likeness (QED) is 0.508. The normalized spacial score (nSPS) is 11.0. The number of rotatable bonds is 4. The molecule has 4 aromatic rings. The molecule has 0 saturated heterocycles. The number of benzene rings is 2. The topological polar surface area (TPSA) is 75.5 Å². The van der Waals surface area contributed by atoms with E-state index in [1.54, 1.807) is 56.4 Å². The lowest BCUT2D eigenvalue weighted by molar-refractivity contribution is 0.398. The molecule has 0 N–H and O–H groups in total. The second-order valence-electron chi connectivity index (χ2n) is 6.24. The van der Waals surface area contributed by atoms with Crippen LogP contribution in [0.25, 0.3) is 27.5 Å². The van der Waals surface area contributed by atoms with E-state index in [2.05, 4.69) is 9.97 Å². The summed E-state index contributed by atoms with van der Waals surface area (Å²) < 4.78 is 17.7. The van der Waals surface area contributed by atoms with Crippen molar-refractivity contribution < 1.29 is 14.2 Å². The number of hydrogen-bond donors (Lipinski definition) is 0. The molecule has 0 amide bonds. The van der Waals surface area contributed by atoms with Gasteiger partial charge in [0.2, 0.25) is 0 Å². The van der Waals surface area contributed by atoms with E-state index >= 15 is 0 Å². The highest BCUT2D eigenvalue weighted by atomic mass is 16.5. The molecule has 2 aromatic heterocycles. The van der Waals surface area contributed by atoms with Gasteiger partial charge in [-0.3, -0.25) is 9.36 Å². The van der Waals surface area contributed by atoms with Crippen LogP contribution in [0.15, 0.2) is 47.4 Å². The van der Waals surface area contributed by atoms with Gasteiger partial charge in [0.15, 0.2) is 0 Å². The van der Waals surface area contributed by atoms with Crippen molar-refractivity contribution in [2.24, 2.45) is 0 Å². The van der Waals surface area contributed by atoms with Crippen molar-refractivity contribution in [3.8, 4) is 22.9 Å². The van der Waals surface area contributed by atoms with Crippen molar-refractivity contribution in [1.29, 1.82) is 0 Å². The molecular formula is C21H19N3O4. The predicted octanol–water partition coefficient (Wildman–Crippen LogP) is 3.27. The Morgan fingerprint density at radius 2 is 1.64 bits per heavy atom. The molecule has 7 nitrogen and oxygen atoms in total. The molecule has 0 spiro atoms. The van der Waals surface area contributed by atoms with Gasteiger partial charge in [0.1, 0.15) is 28.6 Å². The average molecular weight is 377 g/mol. The molecule has 7 heteroatoms. The van der Waals surface area contributed by atoms with Gasteiger partial charge in [0.05, 0.1) is 43.8 Å². The highest BCUT2D eigenvalue weighted by Crippen LogP contribution is 2.34. The van der Waals surface area contributed by atoms with Crippen molar-refractivity contribution in [3.05, 3.63) is 58.8 Å². The van der Waals surface area contributed by atoms with E-state index < -0.39 is 0 Å². The molecule has 2 aromatic carbocycles. The largest absolute Gasteiger partial charge is 0.497 e. The first-order valence-electron chi connectivity index (χ1n) is 8.66. The summed E-state index contributed by atoms with van der Waals surface area (Å²) in [6, 6.07) is 10.7. The fraction of sp³-hybridized carbons (Fsp3) is 0.190. The van der Waals surface area contributed by atoms with E-state index in [9.17, 15) is 4.79 Å². The van der Waals surface area contributed by atoms with E-state index in [-0.39, 0.29) is 5.56 Å². The third kappa shape index (κ3) is 2.72. The molecule has 2 heterocycles. The summed E-state index contributed by atoms with van der Waals surface area (Å²) in [6.45, 7) is 1.81. The van der Waals surface area contributed by atoms with Gasteiger partial charge in [0.25, 0.3) is 5.56 Å². The Morgan fingerprint density at radius 1 is 0.929 bits per heavy atom. The fourth-order valence-corrected chi connectivity index (χ4v) is 3.31. The molecule has 0 fully saturated rings. The fourth-order valence-electron chi connectivity index (χ4n) is 3.31. The van der Waals surface area contributed by atoms with Gasteiger partial charge < -0.3 is 14.2 Å². The van der Waals surface area contributed by atoms with Crippen LogP contribution < -0.4 is 19.8 Å². The van der Waals surface area contributed by atoms with Crippen LogP contribution in [0.1, 0.15) is 5.82 Å². The van der Waals surface area contributed by atoms with Gasteiger partial charge in [0, 0.05) is 11.8 Å². The maximum absolute atomic E-state index is 13.5. The Bertz CT molecular complexity index is 1250. The van der Waals surface area contributed by atoms with Gasteiger partial charge >= 0.3 is 0 Å². The van der Waals surface area contributed by atoms with Gasteiger partial charge in [-0.05, 0) is 37.3 Å². The maximum atomic E-state index is 13.5. The Balaban J connectivity index is 2.20. The second-order valence-corrected chi connectivity index (χ2v) is 6.24. The van der Waals surface area contributed by atoms with Gasteiger partial charge in [-0.15, -0.1) is 0 Å². The summed E-state index contributed by atoms with van der Waals surface area (Å²) in [7, 11) is 4.71. The third-order valence-corrected chi connectivity index (χ3v) is 4.66. The van der Waals surface area contributed by atoms with Crippen LogP contribution in [0, 0.1) is 6.92 Å². The highest BCUT2D eigenvalue weighted by molar-refractivity contribution is 6.07. The summed E-state index contributed by atoms with van der Waals surface area (Å²) in [5.41, 5.74) is 1.71. The molecule has 0 saturated carbocycles. The van der Waals surface area contributed by atoms with Crippen molar-refractivity contribution >= 4 is 21.8 Å². The van der Waals surface area contributed by atoms with Gasteiger partial charge in [-0.2, -0.15) is 0 Å². The summed E-state index contributed by atoms with van der Waals surface area (Å²) in [6.07, 6.45) is 1.66. The lowest BCUT2D eigenvalue weighted by Gasteiger charge is -2.15. The van der Waals surface area contributed by atoms with E-state index in [1.165, 1.54) is 0 Å². The smallest absolute Gasteiger partial charge is 0.263 e. The molecule has 142 valence electrons. The van der Waals surface area contributed by atoms with Crippen molar-refractivity contribution in [2.45, 2.75) is 6.92 Å². The maximum Gasteiger partial charge on any atom is 0.263 e. The minimum absolute atomic E-state index is 0.211. The zero-order chi connectivity index (χ0) is 19.8. The molecule has 0 aliphatic heterocycles. The molecule has 0 radical (unpaired) electrons. The first-order valence-corrected chi connectivity index (χ1v) is 8.66. The third-order valence-electron chi connectivity index (χ3n) is 4.66. The van der Waals surface area contributed by atoms with Gasteiger partial charge in [-0.25, -0.2) is 9.97 Å². The zero-order valence-electron chi connectivity index (χ0n) is 16.0. The van der Waals surface area contributed by atoms with E-state index in [0.29, 0.717) is 50.6 Å². The highest BCUT2D eigenvalue weighted by Gasteiger charge is 2.18. The first kappa shape index (κ1) is 17.8. The molecule has 0 unspecified atom stereocenters. The lowest BCUT2D eigenvalue weighted by atomic mass is 10.1. The minimum atomic E-state index is -0.211. The van der Waals surface area contributed by atoms with Crippen LogP contribution in [-0.2, 0) is 0 Å². The number of methoxy groups -OCH3 is 3. The first-order chi connectivity index (χ1) is 13.6. The Hall–Kier alpha value is -3.61. The van der Waals surface area contributed by atoms with Crippen molar-refractivity contribution in [2.75, 3.05) is 21.3 Å². The van der Waals surface area contributed by atoms with Crippen LogP contribution in [0.2, 0.25) is 0 Å². The monoisotopic (exact) mass is 377 g/mol. The van der Waals surface area contributed by atoms with Crippen molar-refractivity contribution in [3.63, 3.8) is 0 Å². The van der Waals surface area contributed by atoms with Crippen molar-refractivity contribution in [1.82, 2.24) is 14.5 Å². The molecule has 28 heavy (non-hydrogen) atoms. The Morgan fingerprint density at radius 3 is 2.29 bits per heavy atom. The lowest BCUT2D eigenvalue weighted by Crippen LogP contribution is -2.20. The number of pyridine rings is 1. The van der Waals surface area contributed by atoms with Crippen LogP contribution in [0.4, 0.5) is 0 Å². The Labute approximate surface area is 161 Å². The minimum Gasteiger partial charge on any atom is -0.497 e. The number of hydrogen-bond acceptors (Lipinski definition) is 6. The molecule has 0 aliphatic rings. The summed E-state index contributed by atoms with van der Waals surface area (Å²) in [5.74, 6) is 2.37. The Kier molecular flexibility index (Phi) is 4.35. The van der Waals surface area contributed by atoms with E-state index in [4.69, 9.17) is 14.2 Å². The molecule has 0 bridgehead atoms. The van der Waals surface area contributed by atoms with E-state index in [1.807, 2.05) is 19.1 Å². The number of aromatic nitrogens is 3. The second kappa shape index (κ2) is 6.84. The molecule has 0 atom stereocenters. The summed E-state index contributed by atoms with van der Waals surface area (Å²) in [4.78, 5) is 22.4. The SMILES string of the molecule is COc1ccc(-n2c(=O)c3cc(OC)cc(OC)c3c3nc(C)ncc32)cc1. The standard InChI is InChI=1S/C21H19N3O4/c1-12-22-11-17-20(23-12)19-16(9-15(27-3)10-18(19)28-4)21(25)24(17)13-5-7-14(26-2)8-6-13/h5-11H,1-4H3. The number of nitrogens with zero attached hydrogens (tertiary/aromatic N) is 3. The number of aryl methyl sites for hydroxylation is 1. The molecule has 4 rings (SSSR count). The number of fused-ring (bicyclic) bond motifs is 3. The van der Waals surface area contributed by atoms with Crippen LogP contribution in [0.5, 0.6) is 17.2 Å². The summed E-state index contributed by atoms with van der Waals surface area (Å²) >= 11 is 0. The van der Waals surface area contributed by atoms with E-state index in [0.717, 1.165) is 0 Å². The van der Waals surface area contributed by atoms with Crippen LogP contribution >= 0.6 is 0 Å². The zero-order valence-corrected chi connectivity index (χ0v) is 16.0. The van der Waals surface area contributed by atoms with Crippen LogP contribution in [0.3, 0.4) is 0 Å². The average Bonchev–Trinajstić information content (AvgIpc) is 2.73. The predicted molar refractivity (Wildman–Crippen MR) is 107 cm³/mol. The molecule has 0 aliphatic carbocycles. The van der Waals surface area contributed by atoms with Crippen LogP contribution in [-0.4, -0.2) is 35.9 Å². The molecular weight excluding hydrogens is 358 g/mol. The summed E-state index contributed by atoms with van der Waals surface area (Å²) in [5, 5.41) is 1.09. The van der Waals surface area contributed by atoms with Gasteiger partial charge in [-0.1, -0.05) is 0 Å².